The van der Waals surface area contributed by atoms with Crippen LogP contribution in [0, 0.1) is 20.8 Å². The number of carbonyl (C=O) groups is 1. The molecule has 0 aliphatic rings. The summed E-state index contributed by atoms with van der Waals surface area (Å²) in [4.78, 5) is 33.1. The molecule has 0 saturated heterocycles. The van der Waals surface area contributed by atoms with Gasteiger partial charge in [0.25, 0.3) is 11.5 Å². The Labute approximate surface area is 190 Å². The number of aryl methyl sites for hydroxylation is 3. The summed E-state index contributed by atoms with van der Waals surface area (Å²) in [5, 5.41) is 12.1. The van der Waals surface area contributed by atoms with Gasteiger partial charge >= 0.3 is 0 Å². The van der Waals surface area contributed by atoms with Gasteiger partial charge in [-0.2, -0.15) is 16.4 Å². The van der Waals surface area contributed by atoms with Crippen molar-refractivity contribution >= 4 is 28.6 Å². The Kier molecular flexibility index (Phi) is 7.40. The van der Waals surface area contributed by atoms with E-state index in [0.29, 0.717) is 27.7 Å². The molecule has 3 aromatic heterocycles. The van der Waals surface area contributed by atoms with E-state index in [-0.39, 0.29) is 17.5 Å². The van der Waals surface area contributed by atoms with Crippen LogP contribution in [0.5, 0.6) is 0 Å². The molecular formula is C22H29N5O2S2. The first-order valence-corrected chi connectivity index (χ1v) is 12.1. The molecule has 3 heterocycles. The van der Waals surface area contributed by atoms with E-state index in [1.54, 1.807) is 18.4 Å². The van der Waals surface area contributed by atoms with Crippen LogP contribution in [0.3, 0.4) is 0 Å². The van der Waals surface area contributed by atoms with Crippen LogP contribution in [0.4, 0.5) is 0 Å². The van der Waals surface area contributed by atoms with Gasteiger partial charge in [0.05, 0.1) is 23.0 Å². The van der Waals surface area contributed by atoms with Gasteiger partial charge in [-0.3, -0.25) is 14.5 Å². The molecule has 0 fully saturated rings. The zero-order valence-electron chi connectivity index (χ0n) is 18.9. The minimum atomic E-state index is -0.206. The van der Waals surface area contributed by atoms with Gasteiger partial charge in [-0.25, -0.2) is 9.67 Å². The zero-order chi connectivity index (χ0) is 22.7. The highest BCUT2D eigenvalue weighted by atomic mass is 32.1. The van der Waals surface area contributed by atoms with Crippen molar-refractivity contribution < 1.29 is 4.79 Å². The third-order valence-electron chi connectivity index (χ3n) is 5.58. The normalized spacial score (nSPS) is 12.4. The Morgan fingerprint density at radius 1 is 1.23 bits per heavy atom. The molecule has 0 aliphatic carbocycles. The van der Waals surface area contributed by atoms with Crippen molar-refractivity contribution in [1.82, 2.24) is 25.0 Å². The third-order valence-corrected chi connectivity index (χ3v) is 7.45. The first-order valence-electron chi connectivity index (χ1n) is 10.3. The Balaban J connectivity index is 1.86. The maximum absolute atomic E-state index is 13.0. The third kappa shape index (κ3) is 4.78. The van der Waals surface area contributed by atoms with Crippen molar-refractivity contribution in [3.8, 4) is 10.6 Å². The molecule has 0 aliphatic heterocycles. The van der Waals surface area contributed by atoms with Gasteiger partial charge in [-0.15, -0.1) is 11.3 Å². The molecule has 1 unspecified atom stereocenters. The number of likely N-dealkylation sites (N-methyl/N-ethyl adjacent to an activating group) is 1. The van der Waals surface area contributed by atoms with Crippen LogP contribution in [-0.4, -0.2) is 45.2 Å². The number of thiazole rings is 1. The smallest absolute Gasteiger partial charge is 0.277 e. The second kappa shape index (κ2) is 9.84. The van der Waals surface area contributed by atoms with Gasteiger partial charge in [0.2, 0.25) is 0 Å². The molecule has 31 heavy (non-hydrogen) atoms. The zero-order valence-corrected chi connectivity index (χ0v) is 20.5. The van der Waals surface area contributed by atoms with Gasteiger partial charge in [-0.1, -0.05) is 13.8 Å². The van der Waals surface area contributed by atoms with Crippen molar-refractivity contribution in [2.75, 3.05) is 19.6 Å². The van der Waals surface area contributed by atoms with Crippen LogP contribution < -0.4 is 10.9 Å². The number of hydrogen-bond acceptors (Lipinski definition) is 7. The summed E-state index contributed by atoms with van der Waals surface area (Å²) in [6.45, 7) is 12.1. The molecule has 0 spiro atoms. The Morgan fingerprint density at radius 2 is 1.94 bits per heavy atom. The molecule has 166 valence electrons. The van der Waals surface area contributed by atoms with Crippen LogP contribution >= 0.6 is 22.7 Å². The van der Waals surface area contributed by atoms with Crippen molar-refractivity contribution in [1.29, 1.82) is 0 Å². The SMILES string of the molecule is CCN(CC)C(CNC(=O)c1sc(-c2c(C)c(C)nn(C)c2=O)nc1C)c1ccsc1. The molecule has 0 radical (unpaired) electrons. The summed E-state index contributed by atoms with van der Waals surface area (Å²) in [7, 11) is 1.63. The standard InChI is InChI=1S/C22H29N5O2S2/c1-7-27(8-2)17(16-9-10-30-12-16)11-23-20(28)19-15(5)24-21(31-19)18-13(3)14(4)25-26(6)22(18)29/h9-10,12,17H,7-8,11H2,1-6H3,(H,23,28). The summed E-state index contributed by atoms with van der Waals surface area (Å²) < 4.78 is 1.32. The summed E-state index contributed by atoms with van der Waals surface area (Å²) in [5.74, 6) is -0.158. The summed E-state index contributed by atoms with van der Waals surface area (Å²) >= 11 is 2.92. The van der Waals surface area contributed by atoms with E-state index in [1.165, 1.54) is 21.6 Å². The largest absolute Gasteiger partial charge is 0.349 e. The minimum Gasteiger partial charge on any atom is -0.349 e. The topological polar surface area (TPSA) is 80.1 Å². The highest BCUT2D eigenvalue weighted by molar-refractivity contribution is 7.17. The van der Waals surface area contributed by atoms with Gasteiger partial charge in [0, 0.05) is 13.6 Å². The van der Waals surface area contributed by atoms with E-state index in [0.717, 1.165) is 24.3 Å². The lowest BCUT2D eigenvalue weighted by Gasteiger charge is -2.29. The van der Waals surface area contributed by atoms with E-state index in [1.807, 2.05) is 20.8 Å². The number of thiophene rings is 1. The highest BCUT2D eigenvalue weighted by Crippen LogP contribution is 2.29. The molecule has 9 heteroatoms. The Hall–Kier alpha value is -2.36. The number of nitrogens with zero attached hydrogens (tertiary/aromatic N) is 4. The van der Waals surface area contributed by atoms with Crippen molar-refractivity contribution in [3.63, 3.8) is 0 Å². The number of amides is 1. The minimum absolute atomic E-state index is 0.121. The first kappa shape index (κ1) is 23.3. The lowest BCUT2D eigenvalue weighted by atomic mass is 10.1. The van der Waals surface area contributed by atoms with Crippen LogP contribution in [0.15, 0.2) is 21.6 Å². The number of hydrogen-bond donors (Lipinski definition) is 1. The van der Waals surface area contributed by atoms with Crippen molar-refractivity contribution in [2.24, 2.45) is 7.05 Å². The molecule has 3 rings (SSSR count). The monoisotopic (exact) mass is 459 g/mol. The van der Waals surface area contributed by atoms with Gasteiger partial charge in [0.15, 0.2) is 0 Å². The Morgan fingerprint density at radius 3 is 2.55 bits per heavy atom. The molecule has 0 saturated carbocycles. The molecule has 1 atom stereocenters. The van der Waals surface area contributed by atoms with E-state index in [9.17, 15) is 9.59 Å². The fourth-order valence-corrected chi connectivity index (χ4v) is 5.45. The number of nitrogens with one attached hydrogen (secondary N) is 1. The highest BCUT2D eigenvalue weighted by Gasteiger charge is 2.23. The first-order chi connectivity index (χ1) is 14.8. The lowest BCUT2D eigenvalue weighted by Crippen LogP contribution is -2.37. The lowest BCUT2D eigenvalue weighted by molar-refractivity contribution is 0.0938. The molecule has 0 bridgehead atoms. The van der Waals surface area contributed by atoms with E-state index in [4.69, 9.17) is 0 Å². The molecule has 1 amide bonds. The quantitative estimate of drug-likeness (QED) is 0.556. The Bertz CT molecular complexity index is 1110. The summed E-state index contributed by atoms with van der Waals surface area (Å²) in [6, 6.07) is 2.23. The van der Waals surface area contributed by atoms with Crippen molar-refractivity contribution in [3.05, 3.63) is 54.6 Å². The molecule has 0 aromatic carbocycles. The molecule has 7 nitrogen and oxygen atoms in total. The molecule has 3 aromatic rings. The van der Waals surface area contributed by atoms with Gasteiger partial charge in [0.1, 0.15) is 9.88 Å². The van der Waals surface area contributed by atoms with E-state index in [2.05, 4.69) is 51.0 Å². The molecular weight excluding hydrogens is 430 g/mol. The van der Waals surface area contributed by atoms with Crippen LogP contribution in [0.1, 0.15) is 52.1 Å². The van der Waals surface area contributed by atoms with E-state index < -0.39 is 0 Å². The number of rotatable bonds is 8. The predicted octanol–water partition coefficient (Wildman–Crippen LogP) is 3.70. The summed E-state index contributed by atoms with van der Waals surface area (Å²) in [5.41, 5.74) is 3.71. The number of aromatic nitrogens is 3. The van der Waals surface area contributed by atoms with Crippen molar-refractivity contribution in [2.45, 2.75) is 40.7 Å². The maximum Gasteiger partial charge on any atom is 0.277 e. The average Bonchev–Trinajstić information content (AvgIpc) is 3.40. The number of carbonyl (C=O) groups excluding carboxylic acids is 1. The van der Waals surface area contributed by atoms with Gasteiger partial charge in [-0.05, 0) is 61.8 Å². The fraction of sp³-hybridized carbons (Fsp3) is 0.455. The average molecular weight is 460 g/mol. The maximum atomic E-state index is 13.0. The summed E-state index contributed by atoms with van der Waals surface area (Å²) in [6.07, 6.45) is 0. The van der Waals surface area contributed by atoms with Gasteiger partial charge < -0.3 is 5.32 Å². The molecule has 1 N–H and O–H groups in total. The van der Waals surface area contributed by atoms with Crippen LogP contribution in [0.2, 0.25) is 0 Å². The second-order valence-electron chi connectivity index (χ2n) is 7.45. The van der Waals surface area contributed by atoms with E-state index >= 15 is 0 Å². The predicted molar refractivity (Wildman–Crippen MR) is 127 cm³/mol. The van der Waals surface area contributed by atoms with Crippen LogP contribution in [-0.2, 0) is 7.05 Å². The fourth-order valence-electron chi connectivity index (χ4n) is 3.67. The van der Waals surface area contributed by atoms with Crippen LogP contribution in [0.25, 0.3) is 10.6 Å². The second-order valence-corrected chi connectivity index (χ2v) is 9.23.